The topological polar surface area (TPSA) is 76.7 Å². The van der Waals surface area contributed by atoms with Gasteiger partial charge in [0.15, 0.2) is 12.0 Å². The van der Waals surface area contributed by atoms with Crippen LogP contribution in [0.1, 0.15) is 33.4 Å². The first-order valence-corrected chi connectivity index (χ1v) is 7.66. The van der Waals surface area contributed by atoms with Gasteiger partial charge in [-0.3, -0.25) is 9.89 Å². The smallest absolute Gasteiger partial charge is 0.275 e. The fourth-order valence-electron chi connectivity index (χ4n) is 3.07. The number of ether oxygens (including phenoxy) is 3. The van der Waals surface area contributed by atoms with Crippen LogP contribution in [0.2, 0.25) is 0 Å². The van der Waals surface area contributed by atoms with Gasteiger partial charge in [0, 0.05) is 25.5 Å². The van der Waals surface area contributed by atoms with E-state index in [1.165, 1.54) is 0 Å². The minimum Gasteiger partial charge on any atom is -0.497 e. The lowest BCUT2D eigenvalue weighted by atomic mass is 9.99. The van der Waals surface area contributed by atoms with Crippen LogP contribution in [0.15, 0.2) is 24.3 Å². The van der Waals surface area contributed by atoms with Crippen molar-refractivity contribution in [2.45, 2.75) is 19.3 Å². The summed E-state index contributed by atoms with van der Waals surface area (Å²) < 4.78 is 15.8. The van der Waals surface area contributed by atoms with Crippen LogP contribution in [0.25, 0.3) is 0 Å². The maximum Gasteiger partial charge on any atom is 0.275 e. The van der Waals surface area contributed by atoms with Crippen molar-refractivity contribution in [3.63, 3.8) is 0 Å². The molecule has 1 aliphatic rings. The summed E-state index contributed by atoms with van der Waals surface area (Å²) in [6.45, 7) is 2.24. The zero-order valence-electron chi connectivity index (χ0n) is 14.2. The van der Waals surface area contributed by atoms with Gasteiger partial charge >= 0.3 is 0 Å². The molecule has 0 radical (unpaired) electrons. The summed E-state index contributed by atoms with van der Waals surface area (Å²) in [5.41, 5.74) is 3.22. The molecule has 1 aromatic carbocycles. The highest BCUT2D eigenvalue weighted by atomic mass is 16.7. The number of carbonyl (C=O) groups is 1. The van der Waals surface area contributed by atoms with Crippen LogP contribution in [-0.4, -0.2) is 55.2 Å². The Morgan fingerprint density at radius 2 is 1.88 bits per heavy atom. The van der Waals surface area contributed by atoms with Crippen molar-refractivity contribution in [3.8, 4) is 5.75 Å². The van der Waals surface area contributed by atoms with E-state index in [0.717, 1.165) is 22.6 Å². The van der Waals surface area contributed by atoms with E-state index in [-0.39, 0.29) is 11.9 Å². The van der Waals surface area contributed by atoms with Gasteiger partial charge in [-0.25, -0.2) is 0 Å². The average Bonchev–Trinajstić information content (AvgIpc) is 3.12. The minimum absolute atomic E-state index is 0.130. The molecule has 0 saturated carbocycles. The lowest BCUT2D eigenvalue weighted by Gasteiger charge is -2.29. The van der Waals surface area contributed by atoms with Crippen molar-refractivity contribution in [2.75, 3.05) is 27.9 Å². The Kier molecular flexibility index (Phi) is 4.55. The number of nitrogens with zero attached hydrogens (tertiary/aromatic N) is 2. The molecule has 0 spiro atoms. The van der Waals surface area contributed by atoms with Crippen LogP contribution in [-0.2, 0) is 9.47 Å². The number of carbonyl (C=O) groups excluding carboxylic acids is 1. The third-order valence-electron chi connectivity index (χ3n) is 4.35. The average molecular weight is 331 g/mol. The third-order valence-corrected chi connectivity index (χ3v) is 4.35. The molecule has 7 heteroatoms. The fourth-order valence-corrected chi connectivity index (χ4v) is 3.07. The lowest BCUT2D eigenvalue weighted by Crippen LogP contribution is -2.38. The predicted octanol–water partition coefficient (Wildman–Crippen LogP) is 1.89. The van der Waals surface area contributed by atoms with Crippen LogP contribution in [0, 0.1) is 6.92 Å². The standard InChI is InChI=1S/C17H21N3O4/c1-10-14-15(19-18-10)17(21)20(9-13(23-3)24-4)16(14)11-5-7-12(22-2)8-6-11/h5-8,13,16H,9H2,1-4H3,(H,18,19). The molecule has 0 aliphatic carbocycles. The van der Waals surface area contributed by atoms with E-state index >= 15 is 0 Å². The number of aryl methyl sites for hydroxylation is 1. The zero-order valence-corrected chi connectivity index (χ0v) is 14.2. The van der Waals surface area contributed by atoms with Crippen molar-refractivity contribution in [2.24, 2.45) is 0 Å². The zero-order chi connectivity index (χ0) is 17.3. The lowest BCUT2D eigenvalue weighted by molar-refractivity contribution is -0.113. The van der Waals surface area contributed by atoms with Gasteiger partial charge in [0.25, 0.3) is 5.91 Å². The molecule has 1 aromatic heterocycles. The monoisotopic (exact) mass is 331 g/mol. The SMILES string of the molecule is COc1ccc(C2c3c(n[nH]c3C)C(=O)N2CC(OC)OC)cc1. The first-order valence-electron chi connectivity index (χ1n) is 7.66. The van der Waals surface area contributed by atoms with Gasteiger partial charge in [-0.15, -0.1) is 0 Å². The minimum atomic E-state index is -0.497. The summed E-state index contributed by atoms with van der Waals surface area (Å²) in [7, 11) is 4.74. The summed E-state index contributed by atoms with van der Waals surface area (Å²) in [5.74, 6) is 0.639. The van der Waals surface area contributed by atoms with Gasteiger partial charge in [0.1, 0.15) is 5.75 Å². The van der Waals surface area contributed by atoms with Crippen LogP contribution in [0.5, 0.6) is 5.75 Å². The van der Waals surface area contributed by atoms with E-state index in [1.807, 2.05) is 31.2 Å². The first-order chi connectivity index (χ1) is 11.6. The number of hydrogen-bond acceptors (Lipinski definition) is 5. The molecule has 3 rings (SSSR count). The van der Waals surface area contributed by atoms with E-state index < -0.39 is 6.29 Å². The molecule has 1 N–H and O–H groups in total. The Labute approximate surface area is 140 Å². The molecule has 1 amide bonds. The number of benzene rings is 1. The summed E-state index contributed by atoms with van der Waals surface area (Å²) in [6, 6.07) is 7.45. The van der Waals surface area contributed by atoms with Crippen molar-refractivity contribution in [1.82, 2.24) is 15.1 Å². The second-order valence-corrected chi connectivity index (χ2v) is 5.65. The highest BCUT2D eigenvalue weighted by Gasteiger charge is 2.42. The summed E-state index contributed by atoms with van der Waals surface area (Å²) in [4.78, 5) is 14.5. The molecule has 1 atom stereocenters. The molecule has 24 heavy (non-hydrogen) atoms. The number of hydrogen-bond donors (Lipinski definition) is 1. The van der Waals surface area contributed by atoms with Crippen LogP contribution < -0.4 is 4.74 Å². The molecular formula is C17H21N3O4. The Morgan fingerprint density at radius 1 is 1.21 bits per heavy atom. The van der Waals surface area contributed by atoms with Gasteiger partial charge in [-0.05, 0) is 24.6 Å². The van der Waals surface area contributed by atoms with Crippen LogP contribution >= 0.6 is 0 Å². The van der Waals surface area contributed by atoms with E-state index in [9.17, 15) is 4.79 Å². The van der Waals surface area contributed by atoms with E-state index in [4.69, 9.17) is 14.2 Å². The van der Waals surface area contributed by atoms with Gasteiger partial charge in [-0.2, -0.15) is 5.10 Å². The molecule has 0 saturated heterocycles. The number of aromatic amines is 1. The fraction of sp³-hybridized carbons (Fsp3) is 0.412. The normalized spacial score (nSPS) is 16.8. The number of nitrogens with one attached hydrogen (secondary N) is 1. The highest BCUT2D eigenvalue weighted by molar-refractivity contribution is 5.98. The van der Waals surface area contributed by atoms with E-state index in [0.29, 0.717) is 12.2 Å². The molecule has 0 fully saturated rings. The molecule has 7 nitrogen and oxygen atoms in total. The largest absolute Gasteiger partial charge is 0.497 e. The summed E-state index contributed by atoms with van der Waals surface area (Å²) >= 11 is 0. The molecule has 2 aromatic rings. The number of rotatable bonds is 6. The second-order valence-electron chi connectivity index (χ2n) is 5.65. The molecule has 2 heterocycles. The highest BCUT2D eigenvalue weighted by Crippen LogP contribution is 2.39. The van der Waals surface area contributed by atoms with Gasteiger partial charge in [0.05, 0.1) is 19.7 Å². The van der Waals surface area contributed by atoms with Crippen LogP contribution in [0.4, 0.5) is 0 Å². The van der Waals surface area contributed by atoms with Gasteiger partial charge in [0.2, 0.25) is 0 Å². The Bertz CT molecular complexity index is 722. The summed E-state index contributed by atoms with van der Waals surface area (Å²) in [5, 5.41) is 7.08. The van der Waals surface area contributed by atoms with Gasteiger partial charge < -0.3 is 19.1 Å². The number of aromatic nitrogens is 2. The predicted molar refractivity (Wildman–Crippen MR) is 87.0 cm³/mol. The number of amides is 1. The van der Waals surface area contributed by atoms with E-state index in [1.54, 1.807) is 26.2 Å². The maximum atomic E-state index is 12.8. The third kappa shape index (κ3) is 2.65. The Morgan fingerprint density at radius 3 is 2.46 bits per heavy atom. The van der Waals surface area contributed by atoms with E-state index in [2.05, 4.69) is 10.2 Å². The molecule has 1 aliphatic heterocycles. The molecule has 0 bridgehead atoms. The van der Waals surface area contributed by atoms with Crippen molar-refractivity contribution in [3.05, 3.63) is 46.8 Å². The molecule has 128 valence electrons. The van der Waals surface area contributed by atoms with Crippen molar-refractivity contribution < 1.29 is 19.0 Å². The van der Waals surface area contributed by atoms with Crippen LogP contribution in [0.3, 0.4) is 0 Å². The quantitative estimate of drug-likeness (QED) is 0.818. The number of H-pyrrole nitrogens is 1. The maximum absolute atomic E-state index is 12.8. The second kappa shape index (κ2) is 6.62. The number of fused-ring (bicyclic) bond motifs is 1. The van der Waals surface area contributed by atoms with Crippen molar-refractivity contribution >= 4 is 5.91 Å². The Balaban J connectivity index is 2.02. The number of methoxy groups -OCH3 is 3. The van der Waals surface area contributed by atoms with Gasteiger partial charge in [-0.1, -0.05) is 12.1 Å². The molecule has 1 unspecified atom stereocenters. The molecular weight excluding hydrogens is 310 g/mol. The summed E-state index contributed by atoms with van der Waals surface area (Å²) in [6.07, 6.45) is -0.497. The first kappa shape index (κ1) is 16.5. The van der Waals surface area contributed by atoms with Crippen molar-refractivity contribution in [1.29, 1.82) is 0 Å². The Hall–Kier alpha value is -2.38.